The van der Waals surface area contributed by atoms with Crippen LogP contribution in [0.4, 0.5) is 5.69 Å². The number of hydrogen-bond acceptors (Lipinski definition) is 5. The summed E-state index contributed by atoms with van der Waals surface area (Å²) >= 11 is 3.38. The Morgan fingerprint density at radius 1 is 1.16 bits per heavy atom. The van der Waals surface area contributed by atoms with Gasteiger partial charge in [-0.3, -0.25) is 4.98 Å². The summed E-state index contributed by atoms with van der Waals surface area (Å²) in [5, 5.41) is 3.92. The molecule has 5 nitrogen and oxygen atoms in total. The molecule has 1 aromatic carbocycles. The molecule has 2 heterocycles. The molecule has 0 aliphatic rings. The standard InChI is InChI=1S/C13H9BrN4O/c14-9-5-8(6-10(15)7-9)13-17-12(18-19-13)11-3-1-2-4-16-11/h1-7H,15H2. The summed E-state index contributed by atoms with van der Waals surface area (Å²) < 4.78 is 6.10. The highest BCUT2D eigenvalue weighted by atomic mass is 79.9. The fraction of sp³-hybridized carbons (Fsp3) is 0. The second kappa shape index (κ2) is 4.81. The van der Waals surface area contributed by atoms with Gasteiger partial charge in [-0.15, -0.1) is 0 Å². The van der Waals surface area contributed by atoms with Crippen LogP contribution in [0.2, 0.25) is 0 Å². The molecule has 3 rings (SSSR count). The third kappa shape index (κ3) is 2.48. The molecule has 6 heteroatoms. The van der Waals surface area contributed by atoms with Gasteiger partial charge in [0.15, 0.2) is 0 Å². The number of halogens is 1. The molecule has 0 unspecified atom stereocenters. The van der Waals surface area contributed by atoms with Crippen LogP contribution in [0.5, 0.6) is 0 Å². The molecule has 0 radical (unpaired) electrons. The summed E-state index contributed by atoms with van der Waals surface area (Å²) in [4.78, 5) is 8.49. The first-order chi connectivity index (χ1) is 9.22. The van der Waals surface area contributed by atoms with Gasteiger partial charge in [0.2, 0.25) is 5.82 Å². The summed E-state index contributed by atoms with van der Waals surface area (Å²) in [6.07, 6.45) is 1.68. The van der Waals surface area contributed by atoms with Crippen molar-refractivity contribution in [1.82, 2.24) is 15.1 Å². The van der Waals surface area contributed by atoms with Crippen LogP contribution in [0.15, 0.2) is 51.6 Å². The zero-order chi connectivity index (χ0) is 13.2. The highest BCUT2D eigenvalue weighted by Gasteiger charge is 2.12. The lowest BCUT2D eigenvalue weighted by Gasteiger charge is -1.98. The highest BCUT2D eigenvalue weighted by Crippen LogP contribution is 2.26. The number of aromatic nitrogens is 3. The van der Waals surface area contributed by atoms with Crippen molar-refractivity contribution in [3.63, 3.8) is 0 Å². The molecular weight excluding hydrogens is 308 g/mol. The third-order valence-corrected chi connectivity index (χ3v) is 2.94. The van der Waals surface area contributed by atoms with Crippen molar-refractivity contribution in [3.8, 4) is 23.0 Å². The second-order valence-electron chi connectivity index (χ2n) is 3.91. The molecule has 0 saturated heterocycles. The van der Waals surface area contributed by atoms with Crippen LogP contribution >= 0.6 is 15.9 Å². The highest BCUT2D eigenvalue weighted by molar-refractivity contribution is 9.10. The van der Waals surface area contributed by atoms with Gasteiger partial charge in [-0.1, -0.05) is 27.2 Å². The van der Waals surface area contributed by atoms with E-state index in [4.69, 9.17) is 10.3 Å². The van der Waals surface area contributed by atoms with Gasteiger partial charge in [0.1, 0.15) is 5.69 Å². The Morgan fingerprint density at radius 2 is 2.05 bits per heavy atom. The summed E-state index contributed by atoms with van der Waals surface area (Å²) in [7, 11) is 0. The smallest absolute Gasteiger partial charge is 0.258 e. The minimum atomic E-state index is 0.411. The molecule has 19 heavy (non-hydrogen) atoms. The molecule has 3 aromatic rings. The minimum absolute atomic E-state index is 0.411. The zero-order valence-corrected chi connectivity index (χ0v) is 11.3. The van der Waals surface area contributed by atoms with E-state index in [1.54, 1.807) is 18.3 Å². The lowest BCUT2D eigenvalue weighted by molar-refractivity contribution is 0.432. The Hall–Kier alpha value is -2.21. The summed E-state index contributed by atoms with van der Waals surface area (Å²) in [6, 6.07) is 11.0. The molecule has 2 aromatic heterocycles. The quantitative estimate of drug-likeness (QED) is 0.735. The Morgan fingerprint density at radius 3 is 2.79 bits per heavy atom. The van der Waals surface area contributed by atoms with Crippen molar-refractivity contribution >= 4 is 21.6 Å². The van der Waals surface area contributed by atoms with Crippen LogP contribution in [0.3, 0.4) is 0 Å². The molecule has 0 amide bonds. The van der Waals surface area contributed by atoms with Crippen LogP contribution in [0, 0.1) is 0 Å². The Kier molecular flexibility index (Phi) is 3.00. The number of pyridine rings is 1. The maximum Gasteiger partial charge on any atom is 0.258 e. The Bertz CT molecular complexity index is 691. The van der Waals surface area contributed by atoms with E-state index < -0.39 is 0 Å². The second-order valence-corrected chi connectivity index (χ2v) is 4.83. The first-order valence-electron chi connectivity index (χ1n) is 5.54. The molecule has 0 saturated carbocycles. The molecule has 94 valence electrons. The molecule has 0 aliphatic carbocycles. The monoisotopic (exact) mass is 316 g/mol. The lowest BCUT2D eigenvalue weighted by atomic mass is 10.2. The van der Waals surface area contributed by atoms with E-state index in [9.17, 15) is 0 Å². The van der Waals surface area contributed by atoms with E-state index in [0.29, 0.717) is 23.1 Å². The normalized spacial score (nSPS) is 10.6. The van der Waals surface area contributed by atoms with Crippen LogP contribution in [0.25, 0.3) is 23.0 Å². The maximum atomic E-state index is 5.78. The summed E-state index contributed by atoms with van der Waals surface area (Å²) in [5.41, 5.74) is 7.84. The lowest BCUT2D eigenvalue weighted by Crippen LogP contribution is -1.87. The van der Waals surface area contributed by atoms with Gasteiger partial charge in [-0.2, -0.15) is 4.98 Å². The van der Waals surface area contributed by atoms with Gasteiger partial charge in [0, 0.05) is 21.9 Å². The molecule has 0 aliphatic heterocycles. The number of anilines is 1. The van der Waals surface area contributed by atoms with Gasteiger partial charge in [-0.05, 0) is 30.3 Å². The third-order valence-electron chi connectivity index (χ3n) is 2.49. The Labute approximate surface area is 117 Å². The van der Waals surface area contributed by atoms with Gasteiger partial charge in [-0.25, -0.2) is 0 Å². The molecule has 0 fully saturated rings. The van der Waals surface area contributed by atoms with Crippen LogP contribution < -0.4 is 5.73 Å². The van der Waals surface area contributed by atoms with Crippen molar-refractivity contribution in [2.24, 2.45) is 0 Å². The van der Waals surface area contributed by atoms with Gasteiger partial charge in [0.25, 0.3) is 5.89 Å². The number of nitrogen functional groups attached to an aromatic ring is 1. The van der Waals surface area contributed by atoms with Crippen LogP contribution in [-0.2, 0) is 0 Å². The number of benzene rings is 1. The van der Waals surface area contributed by atoms with E-state index in [1.807, 2.05) is 24.3 Å². The Balaban J connectivity index is 2.02. The molecule has 2 N–H and O–H groups in total. The van der Waals surface area contributed by atoms with Gasteiger partial charge in [0.05, 0.1) is 0 Å². The average Bonchev–Trinajstić information content (AvgIpc) is 2.88. The fourth-order valence-corrected chi connectivity index (χ4v) is 2.19. The van der Waals surface area contributed by atoms with Crippen LogP contribution in [-0.4, -0.2) is 15.1 Å². The summed E-state index contributed by atoms with van der Waals surface area (Å²) in [5.74, 6) is 0.864. The fourth-order valence-electron chi connectivity index (χ4n) is 1.68. The zero-order valence-electron chi connectivity index (χ0n) is 9.75. The van der Waals surface area contributed by atoms with E-state index in [-0.39, 0.29) is 0 Å². The van der Waals surface area contributed by atoms with E-state index in [0.717, 1.165) is 10.0 Å². The maximum absolute atomic E-state index is 5.78. The average molecular weight is 317 g/mol. The van der Waals surface area contributed by atoms with Crippen molar-refractivity contribution in [2.75, 3.05) is 5.73 Å². The predicted octanol–water partition coefficient (Wildman–Crippen LogP) is 3.14. The number of nitrogens with two attached hydrogens (primary N) is 1. The van der Waals surface area contributed by atoms with Crippen molar-refractivity contribution in [1.29, 1.82) is 0 Å². The van der Waals surface area contributed by atoms with Crippen molar-refractivity contribution in [3.05, 3.63) is 47.1 Å². The first kappa shape index (κ1) is 11.9. The molecule has 0 atom stereocenters. The first-order valence-corrected chi connectivity index (χ1v) is 6.33. The van der Waals surface area contributed by atoms with Crippen molar-refractivity contribution < 1.29 is 4.52 Å². The molecular formula is C13H9BrN4O. The number of rotatable bonds is 2. The van der Waals surface area contributed by atoms with Gasteiger partial charge < -0.3 is 10.3 Å². The van der Waals surface area contributed by atoms with Gasteiger partial charge >= 0.3 is 0 Å². The van der Waals surface area contributed by atoms with E-state index in [1.165, 1.54) is 0 Å². The summed E-state index contributed by atoms with van der Waals surface area (Å²) in [6.45, 7) is 0. The number of hydrogen-bond donors (Lipinski definition) is 1. The topological polar surface area (TPSA) is 77.8 Å². The largest absolute Gasteiger partial charge is 0.399 e. The number of nitrogens with zero attached hydrogens (tertiary/aromatic N) is 3. The molecule has 0 spiro atoms. The van der Waals surface area contributed by atoms with E-state index in [2.05, 4.69) is 31.1 Å². The van der Waals surface area contributed by atoms with Crippen molar-refractivity contribution in [2.45, 2.75) is 0 Å². The minimum Gasteiger partial charge on any atom is -0.399 e. The van der Waals surface area contributed by atoms with E-state index >= 15 is 0 Å². The predicted molar refractivity (Wildman–Crippen MR) is 75.1 cm³/mol. The van der Waals surface area contributed by atoms with Crippen LogP contribution in [0.1, 0.15) is 0 Å². The molecule has 0 bridgehead atoms. The SMILES string of the molecule is Nc1cc(Br)cc(-c2nc(-c3ccccn3)no2)c1.